The lowest BCUT2D eigenvalue weighted by Crippen LogP contribution is -2.48. The standard InChI is InChI=1S/C18H24N2O5/c1-12(25-16-9-8-15(24-2)10-13(16)11-21)17(22)20-18(23)19-14-6-4-3-5-7-14/h8-12,14H,3-7H2,1-2H3,(H2,19,20,22,23)/t12-/m0/s1. The molecule has 1 atom stereocenters. The van der Waals surface area contributed by atoms with Crippen LogP contribution in [0.5, 0.6) is 11.5 Å². The molecule has 2 N–H and O–H groups in total. The first-order valence-electron chi connectivity index (χ1n) is 8.44. The number of urea groups is 1. The molecule has 0 heterocycles. The van der Waals surface area contributed by atoms with Gasteiger partial charge < -0.3 is 14.8 Å². The number of rotatable bonds is 6. The number of imide groups is 1. The zero-order chi connectivity index (χ0) is 18.2. The van der Waals surface area contributed by atoms with Crippen molar-refractivity contribution in [2.45, 2.75) is 51.2 Å². The summed E-state index contributed by atoms with van der Waals surface area (Å²) in [6.45, 7) is 1.52. The van der Waals surface area contributed by atoms with Gasteiger partial charge in [-0.2, -0.15) is 0 Å². The van der Waals surface area contributed by atoms with Gasteiger partial charge in [-0.1, -0.05) is 19.3 Å². The average Bonchev–Trinajstić information content (AvgIpc) is 2.62. The van der Waals surface area contributed by atoms with Crippen LogP contribution in [0.15, 0.2) is 18.2 Å². The zero-order valence-electron chi connectivity index (χ0n) is 14.5. The molecule has 1 saturated carbocycles. The van der Waals surface area contributed by atoms with Gasteiger partial charge in [0.1, 0.15) is 11.5 Å². The number of methoxy groups -OCH3 is 1. The Labute approximate surface area is 147 Å². The van der Waals surface area contributed by atoms with Gasteiger partial charge in [-0.15, -0.1) is 0 Å². The van der Waals surface area contributed by atoms with E-state index in [1.807, 2.05) is 0 Å². The first-order chi connectivity index (χ1) is 12.0. The fourth-order valence-electron chi connectivity index (χ4n) is 2.78. The molecule has 7 nitrogen and oxygen atoms in total. The maximum absolute atomic E-state index is 12.1. The third-order valence-corrected chi connectivity index (χ3v) is 4.19. The molecule has 1 fully saturated rings. The minimum atomic E-state index is -0.927. The third kappa shape index (κ3) is 5.48. The van der Waals surface area contributed by atoms with E-state index in [0.717, 1.165) is 25.7 Å². The van der Waals surface area contributed by atoms with E-state index < -0.39 is 18.0 Å². The molecule has 2 rings (SSSR count). The molecule has 0 radical (unpaired) electrons. The van der Waals surface area contributed by atoms with Crippen molar-refractivity contribution in [3.8, 4) is 11.5 Å². The fraction of sp³-hybridized carbons (Fsp3) is 0.500. The summed E-state index contributed by atoms with van der Waals surface area (Å²) in [7, 11) is 1.49. The Morgan fingerprint density at radius 3 is 2.60 bits per heavy atom. The minimum absolute atomic E-state index is 0.112. The van der Waals surface area contributed by atoms with Crippen molar-refractivity contribution in [1.82, 2.24) is 10.6 Å². The Hall–Kier alpha value is -2.57. The number of aldehydes is 1. The maximum atomic E-state index is 12.1. The summed E-state index contributed by atoms with van der Waals surface area (Å²) in [6.07, 6.45) is 4.92. The SMILES string of the molecule is COc1ccc(O[C@@H](C)C(=O)NC(=O)NC2CCCCC2)c(C=O)c1. The number of carbonyl (C=O) groups is 3. The van der Waals surface area contributed by atoms with Gasteiger partial charge in [0.15, 0.2) is 12.4 Å². The normalized spacial score (nSPS) is 15.8. The molecule has 136 valence electrons. The van der Waals surface area contributed by atoms with Crippen molar-refractivity contribution in [1.29, 1.82) is 0 Å². The highest BCUT2D eigenvalue weighted by molar-refractivity contribution is 5.96. The van der Waals surface area contributed by atoms with Crippen LogP contribution in [0, 0.1) is 0 Å². The molecule has 25 heavy (non-hydrogen) atoms. The monoisotopic (exact) mass is 348 g/mol. The molecule has 1 aliphatic rings. The van der Waals surface area contributed by atoms with E-state index in [0.29, 0.717) is 12.0 Å². The van der Waals surface area contributed by atoms with Gasteiger partial charge in [-0.25, -0.2) is 4.79 Å². The second-order valence-corrected chi connectivity index (χ2v) is 6.08. The largest absolute Gasteiger partial charge is 0.497 e. The molecule has 0 bridgehead atoms. The summed E-state index contributed by atoms with van der Waals surface area (Å²) < 4.78 is 10.6. The third-order valence-electron chi connectivity index (χ3n) is 4.19. The summed E-state index contributed by atoms with van der Waals surface area (Å²) in [5.41, 5.74) is 0.269. The predicted octanol–water partition coefficient (Wildman–Crippen LogP) is 2.43. The predicted molar refractivity (Wildman–Crippen MR) is 92.0 cm³/mol. The van der Waals surface area contributed by atoms with Gasteiger partial charge in [0.25, 0.3) is 5.91 Å². The van der Waals surface area contributed by atoms with E-state index in [9.17, 15) is 14.4 Å². The van der Waals surface area contributed by atoms with Crippen molar-refractivity contribution in [2.24, 2.45) is 0 Å². The summed E-state index contributed by atoms with van der Waals surface area (Å²) >= 11 is 0. The van der Waals surface area contributed by atoms with Crippen LogP contribution in [-0.2, 0) is 4.79 Å². The van der Waals surface area contributed by atoms with E-state index >= 15 is 0 Å². The summed E-state index contributed by atoms with van der Waals surface area (Å²) in [5, 5.41) is 5.09. The van der Waals surface area contributed by atoms with Crippen LogP contribution in [0.4, 0.5) is 4.79 Å². The molecule has 7 heteroatoms. The number of hydrogen-bond donors (Lipinski definition) is 2. The summed E-state index contributed by atoms with van der Waals surface area (Å²) in [4.78, 5) is 35.2. The lowest BCUT2D eigenvalue weighted by Gasteiger charge is -2.23. The molecule has 0 saturated heterocycles. The van der Waals surface area contributed by atoms with Crippen LogP contribution in [-0.4, -0.2) is 37.5 Å². The first-order valence-corrected chi connectivity index (χ1v) is 8.44. The molecule has 1 aromatic carbocycles. The molecule has 0 aromatic heterocycles. The van der Waals surface area contributed by atoms with Gasteiger partial charge in [-0.05, 0) is 38.0 Å². The van der Waals surface area contributed by atoms with Crippen LogP contribution in [0.3, 0.4) is 0 Å². The van der Waals surface area contributed by atoms with Gasteiger partial charge in [0, 0.05) is 6.04 Å². The Morgan fingerprint density at radius 2 is 1.96 bits per heavy atom. The number of nitrogens with one attached hydrogen (secondary N) is 2. The van der Waals surface area contributed by atoms with E-state index in [-0.39, 0.29) is 17.4 Å². The van der Waals surface area contributed by atoms with Crippen molar-refractivity contribution < 1.29 is 23.9 Å². The molecule has 1 aromatic rings. The molecular weight excluding hydrogens is 324 g/mol. The number of hydrogen-bond acceptors (Lipinski definition) is 5. The molecule has 0 unspecified atom stereocenters. The topological polar surface area (TPSA) is 93.7 Å². The maximum Gasteiger partial charge on any atom is 0.321 e. The van der Waals surface area contributed by atoms with Gasteiger partial charge in [0.2, 0.25) is 0 Å². The first kappa shape index (κ1) is 18.8. The molecule has 1 aliphatic carbocycles. The fourth-order valence-corrected chi connectivity index (χ4v) is 2.78. The van der Waals surface area contributed by atoms with Crippen LogP contribution >= 0.6 is 0 Å². The zero-order valence-corrected chi connectivity index (χ0v) is 14.5. The molecule has 0 spiro atoms. The smallest absolute Gasteiger partial charge is 0.321 e. The quantitative estimate of drug-likeness (QED) is 0.770. The van der Waals surface area contributed by atoms with E-state index in [1.54, 1.807) is 12.1 Å². The number of carbonyl (C=O) groups excluding carboxylic acids is 3. The Kier molecular flexibility index (Phi) is 6.80. The number of ether oxygens (including phenoxy) is 2. The van der Waals surface area contributed by atoms with E-state index in [1.165, 1.54) is 26.5 Å². The summed E-state index contributed by atoms with van der Waals surface area (Å²) in [5.74, 6) is 0.200. The van der Waals surface area contributed by atoms with Crippen molar-refractivity contribution in [3.63, 3.8) is 0 Å². The molecular formula is C18H24N2O5. The van der Waals surface area contributed by atoms with Crippen molar-refractivity contribution >= 4 is 18.2 Å². The van der Waals surface area contributed by atoms with Crippen LogP contribution in [0.1, 0.15) is 49.4 Å². The van der Waals surface area contributed by atoms with Crippen molar-refractivity contribution in [3.05, 3.63) is 23.8 Å². The highest BCUT2D eigenvalue weighted by Gasteiger charge is 2.21. The van der Waals surface area contributed by atoms with Crippen LogP contribution in [0.25, 0.3) is 0 Å². The second-order valence-electron chi connectivity index (χ2n) is 6.08. The second kappa shape index (κ2) is 9.05. The van der Waals surface area contributed by atoms with E-state index in [2.05, 4.69) is 10.6 Å². The number of amides is 3. The summed E-state index contributed by atoms with van der Waals surface area (Å²) in [6, 6.07) is 4.29. The average molecular weight is 348 g/mol. The van der Waals surface area contributed by atoms with Gasteiger partial charge in [0.05, 0.1) is 12.7 Å². The lowest BCUT2D eigenvalue weighted by molar-refractivity contribution is -0.126. The van der Waals surface area contributed by atoms with Gasteiger partial charge in [-0.3, -0.25) is 14.9 Å². The molecule has 3 amide bonds. The van der Waals surface area contributed by atoms with E-state index in [4.69, 9.17) is 9.47 Å². The highest BCUT2D eigenvalue weighted by Crippen LogP contribution is 2.23. The molecule has 0 aliphatic heterocycles. The van der Waals surface area contributed by atoms with Crippen LogP contribution < -0.4 is 20.1 Å². The lowest BCUT2D eigenvalue weighted by atomic mass is 9.96. The highest BCUT2D eigenvalue weighted by atomic mass is 16.5. The Balaban J connectivity index is 1.89. The Bertz CT molecular complexity index is 626. The minimum Gasteiger partial charge on any atom is -0.497 e. The van der Waals surface area contributed by atoms with Crippen LogP contribution in [0.2, 0.25) is 0 Å². The Morgan fingerprint density at radius 1 is 1.24 bits per heavy atom. The van der Waals surface area contributed by atoms with Crippen molar-refractivity contribution in [2.75, 3.05) is 7.11 Å². The van der Waals surface area contributed by atoms with Gasteiger partial charge >= 0.3 is 6.03 Å². The number of benzene rings is 1.